The number of benzene rings is 1. The van der Waals surface area contributed by atoms with E-state index in [-0.39, 0.29) is 11.4 Å². The molecule has 0 heterocycles. The second-order valence-corrected chi connectivity index (χ2v) is 5.41. The maximum absolute atomic E-state index is 13.4. The van der Waals surface area contributed by atoms with Crippen LogP contribution >= 0.6 is 11.6 Å². The molecule has 3 heteroatoms. The summed E-state index contributed by atoms with van der Waals surface area (Å²) in [5, 5.41) is 3.81. The standard InChI is InChI=1S/C14H19ClFN/c1-14(2,3)17-10-5-4-7-11-12(15)8-6-9-13(11)16/h4,6-9,17H,5,10H2,1-3H3/b7-4+. The summed E-state index contributed by atoms with van der Waals surface area (Å²) in [5.74, 6) is -0.280. The van der Waals surface area contributed by atoms with Crippen LogP contribution in [0, 0.1) is 5.82 Å². The fourth-order valence-corrected chi connectivity index (χ4v) is 1.63. The third-order valence-electron chi connectivity index (χ3n) is 2.25. The van der Waals surface area contributed by atoms with Gasteiger partial charge in [0.25, 0.3) is 0 Å². The van der Waals surface area contributed by atoms with E-state index in [0.717, 1.165) is 13.0 Å². The van der Waals surface area contributed by atoms with Gasteiger partial charge < -0.3 is 5.32 Å². The van der Waals surface area contributed by atoms with Crippen LogP contribution in [0.1, 0.15) is 32.8 Å². The molecule has 0 spiro atoms. The molecule has 1 N–H and O–H groups in total. The molecule has 0 aliphatic carbocycles. The van der Waals surface area contributed by atoms with E-state index < -0.39 is 0 Å². The quantitative estimate of drug-likeness (QED) is 0.793. The zero-order valence-electron chi connectivity index (χ0n) is 10.6. The van der Waals surface area contributed by atoms with E-state index in [1.165, 1.54) is 6.07 Å². The van der Waals surface area contributed by atoms with Crippen molar-refractivity contribution in [2.75, 3.05) is 6.54 Å². The van der Waals surface area contributed by atoms with E-state index >= 15 is 0 Å². The lowest BCUT2D eigenvalue weighted by Gasteiger charge is -2.19. The lowest BCUT2D eigenvalue weighted by atomic mass is 10.1. The van der Waals surface area contributed by atoms with Gasteiger partial charge in [-0.05, 0) is 45.9 Å². The zero-order chi connectivity index (χ0) is 12.9. The second kappa shape index (κ2) is 6.18. The Kier molecular flexibility index (Phi) is 5.16. The highest BCUT2D eigenvalue weighted by atomic mass is 35.5. The molecule has 0 fully saturated rings. The summed E-state index contributed by atoms with van der Waals surface area (Å²) >= 11 is 5.91. The van der Waals surface area contributed by atoms with Crippen LogP contribution in [0.4, 0.5) is 4.39 Å². The molecular formula is C14H19ClFN. The molecule has 0 saturated carbocycles. The van der Waals surface area contributed by atoms with Gasteiger partial charge in [0.05, 0.1) is 5.02 Å². The molecule has 0 radical (unpaired) electrons. The van der Waals surface area contributed by atoms with Gasteiger partial charge >= 0.3 is 0 Å². The molecular weight excluding hydrogens is 237 g/mol. The minimum absolute atomic E-state index is 0.115. The number of halogens is 2. The van der Waals surface area contributed by atoms with Crippen LogP contribution in [0.25, 0.3) is 6.08 Å². The SMILES string of the molecule is CC(C)(C)NCC/C=C/c1c(F)cccc1Cl. The Morgan fingerprint density at radius 2 is 2.06 bits per heavy atom. The molecule has 94 valence electrons. The molecule has 0 bridgehead atoms. The van der Waals surface area contributed by atoms with Gasteiger partial charge in [0.1, 0.15) is 5.82 Å². The fourth-order valence-electron chi connectivity index (χ4n) is 1.40. The van der Waals surface area contributed by atoms with Gasteiger partial charge in [-0.25, -0.2) is 4.39 Å². The van der Waals surface area contributed by atoms with Gasteiger partial charge in [-0.2, -0.15) is 0 Å². The van der Waals surface area contributed by atoms with Crippen LogP contribution in [-0.4, -0.2) is 12.1 Å². The summed E-state index contributed by atoms with van der Waals surface area (Å²) in [6.07, 6.45) is 4.52. The van der Waals surface area contributed by atoms with E-state index in [4.69, 9.17) is 11.6 Å². The molecule has 1 rings (SSSR count). The van der Waals surface area contributed by atoms with Crippen LogP contribution in [0.15, 0.2) is 24.3 Å². The topological polar surface area (TPSA) is 12.0 Å². The molecule has 1 aromatic rings. The maximum Gasteiger partial charge on any atom is 0.131 e. The smallest absolute Gasteiger partial charge is 0.131 e. The molecule has 17 heavy (non-hydrogen) atoms. The fraction of sp³-hybridized carbons (Fsp3) is 0.429. The van der Waals surface area contributed by atoms with Crippen LogP contribution in [0.2, 0.25) is 5.02 Å². The Bertz CT molecular complexity index is 373. The average Bonchev–Trinajstić information content (AvgIpc) is 2.20. The van der Waals surface area contributed by atoms with Crippen molar-refractivity contribution >= 4 is 17.7 Å². The number of hydrogen-bond acceptors (Lipinski definition) is 1. The van der Waals surface area contributed by atoms with E-state index in [0.29, 0.717) is 10.6 Å². The number of hydrogen-bond donors (Lipinski definition) is 1. The molecule has 1 aromatic carbocycles. The van der Waals surface area contributed by atoms with Crippen molar-refractivity contribution in [2.45, 2.75) is 32.7 Å². The molecule has 0 amide bonds. The van der Waals surface area contributed by atoms with Crippen LogP contribution in [-0.2, 0) is 0 Å². The summed E-state index contributed by atoms with van der Waals surface area (Å²) < 4.78 is 13.4. The number of rotatable bonds is 4. The first-order valence-corrected chi connectivity index (χ1v) is 6.13. The first kappa shape index (κ1) is 14.2. The summed E-state index contributed by atoms with van der Waals surface area (Å²) in [6.45, 7) is 7.21. The summed E-state index contributed by atoms with van der Waals surface area (Å²) in [4.78, 5) is 0. The van der Waals surface area contributed by atoms with Crippen LogP contribution < -0.4 is 5.32 Å². The highest BCUT2D eigenvalue weighted by molar-refractivity contribution is 6.32. The van der Waals surface area contributed by atoms with Crippen molar-refractivity contribution in [1.29, 1.82) is 0 Å². The zero-order valence-corrected chi connectivity index (χ0v) is 11.3. The largest absolute Gasteiger partial charge is 0.312 e. The van der Waals surface area contributed by atoms with Gasteiger partial charge in [-0.3, -0.25) is 0 Å². The Balaban J connectivity index is 2.49. The van der Waals surface area contributed by atoms with E-state index in [2.05, 4.69) is 26.1 Å². The minimum atomic E-state index is -0.280. The van der Waals surface area contributed by atoms with Crippen molar-refractivity contribution in [1.82, 2.24) is 5.32 Å². The second-order valence-electron chi connectivity index (χ2n) is 5.00. The van der Waals surface area contributed by atoms with Gasteiger partial charge in [-0.1, -0.05) is 29.8 Å². The Morgan fingerprint density at radius 1 is 1.35 bits per heavy atom. The maximum atomic E-state index is 13.4. The summed E-state index contributed by atoms with van der Waals surface area (Å²) in [6, 6.07) is 4.72. The molecule has 0 unspecified atom stereocenters. The molecule has 0 saturated heterocycles. The molecule has 0 aliphatic rings. The lowest BCUT2D eigenvalue weighted by molar-refractivity contribution is 0.431. The monoisotopic (exact) mass is 255 g/mol. The predicted molar refractivity (Wildman–Crippen MR) is 72.8 cm³/mol. The average molecular weight is 256 g/mol. The first-order chi connectivity index (χ1) is 7.90. The normalized spacial score (nSPS) is 12.3. The summed E-state index contributed by atoms with van der Waals surface area (Å²) in [7, 11) is 0. The third kappa shape index (κ3) is 5.33. The molecule has 0 atom stereocenters. The highest BCUT2D eigenvalue weighted by Gasteiger charge is 2.06. The third-order valence-corrected chi connectivity index (χ3v) is 2.58. The summed E-state index contributed by atoms with van der Waals surface area (Å²) in [5.41, 5.74) is 0.577. The molecule has 0 aromatic heterocycles. The van der Waals surface area contributed by atoms with E-state index in [1.54, 1.807) is 18.2 Å². The highest BCUT2D eigenvalue weighted by Crippen LogP contribution is 2.20. The van der Waals surface area contributed by atoms with Gasteiger partial charge in [0.15, 0.2) is 0 Å². The van der Waals surface area contributed by atoms with Gasteiger partial charge in [0.2, 0.25) is 0 Å². The predicted octanol–water partition coefficient (Wildman–Crippen LogP) is 4.27. The molecule has 1 nitrogen and oxygen atoms in total. The van der Waals surface area contributed by atoms with Crippen molar-refractivity contribution in [3.05, 3.63) is 40.7 Å². The van der Waals surface area contributed by atoms with E-state index in [9.17, 15) is 4.39 Å². The van der Waals surface area contributed by atoms with Gasteiger partial charge in [-0.15, -0.1) is 0 Å². The first-order valence-electron chi connectivity index (χ1n) is 5.76. The van der Waals surface area contributed by atoms with Crippen molar-refractivity contribution in [2.24, 2.45) is 0 Å². The van der Waals surface area contributed by atoms with Crippen LogP contribution in [0.3, 0.4) is 0 Å². The van der Waals surface area contributed by atoms with Crippen molar-refractivity contribution < 1.29 is 4.39 Å². The Morgan fingerprint density at radius 3 is 2.65 bits per heavy atom. The van der Waals surface area contributed by atoms with Crippen molar-refractivity contribution in [3.8, 4) is 0 Å². The van der Waals surface area contributed by atoms with Crippen LogP contribution in [0.5, 0.6) is 0 Å². The van der Waals surface area contributed by atoms with E-state index in [1.807, 2.05) is 6.08 Å². The lowest BCUT2D eigenvalue weighted by Crippen LogP contribution is -2.36. The Labute approximate surface area is 108 Å². The minimum Gasteiger partial charge on any atom is -0.312 e. The molecule has 0 aliphatic heterocycles. The number of nitrogens with one attached hydrogen (secondary N) is 1. The Hall–Kier alpha value is -0.860. The van der Waals surface area contributed by atoms with Crippen molar-refractivity contribution in [3.63, 3.8) is 0 Å². The van der Waals surface area contributed by atoms with Gasteiger partial charge in [0, 0.05) is 11.1 Å².